The van der Waals surface area contributed by atoms with Gasteiger partial charge in [0.2, 0.25) is 25.9 Å². The van der Waals surface area contributed by atoms with Gasteiger partial charge in [0.1, 0.15) is 21.4 Å². The summed E-state index contributed by atoms with van der Waals surface area (Å²) in [6.07, 6.45) is 1.31. The molecular formula is C19H28N8O4S2. The van der Waals surface area contributed by atoms with Crippen molar-refractivity contribution in [1.82, 2.24) is 29.2 Å². The number of sulfonamides is 2. The summed E-state index contributed by atoms with van der Waals surface area (Å²) in [7, 11) is -8.21. The molecule has 1 aromatic carbocycles. The first-order chi connectivity index (χ1) is 15.6. The van der Waals surface area contributed by atoms with Crippen molar-refractivity contribution in [2.75, 3.05) is 31.5 Å². The van der Waals surface area contributed by atoms with Crippen LogP contribution in [0.1, 0.15) is 39.1 Å². The average Bonchev–Trinajstić information content (AvgIpc) is 3.30. The first-order valence-electron chi connectivity index (χ1n) is 10.3. The monoisotopic (exact) mass is 496 g/mol. The van der Waals surface area contributed by atoms with Gasteiger partial charge in [0.05, 0.1) is 0 Å². The molecule has 0 bridgehead atoms. The van der Waals surface area contributed by atoms with E-state index < -0.39 is 20.0 Å². The van der Waals surface area contributed by atoms with Gasteiger partial charge < -0.3 is 5.32 Å². The Morgan fingerprint density at radius 1 is 1.03 bits per heavy atom. The van der Waals surface area contributed by atoms with Crippen LogP contribution >= 0.6 is 0 Å². The highest BCUT2D eigenvalue weighted by atomic mass is 32.2. The fourth-order valence-electron chi connectivity index (χ4n) is 3.20. The number of nitriles is 1. The summed E-state index contributed by atoms with van der Waals surface area (Å²) >= 11 is 0. The Kier molecular flexibility index (Phi) is 8.67. The van der Waals surface area contributed by atoms with Crippen LogP contribution in [0.4, 0.5) is 5.69 Å². The zero-order valence-corrected chi connectivity index (χ0v) is 20.8. The molecule has 180 valence electrons. The summed E-state index contributed by atoms with van der Waals surface area (Å²) in [6, 6.07) is 4.54. The van der Waals surface area contributed by atoms with Gasteiger partial charge in [-0.1, -0.05) is 27.7 Å². The van der Waals surface area contributed by atoms with Gasteiger partial charge in [0.25, 0.3) is 0 Å². The van der Waals surface area contributed by atoms with E-state index in [0.29, 0.717) is 11.3 Å². The van der Waals surface area contributed by atoms with Gasteiger partial charge >= 0.3 is 0 Å². The van der Waals surface area contributed by atoms with Crippen molar-refractivity contribution in [3.63, 3.8) is 0 Å². The van der Waals surface area contributed by atoms with Crippen LogP contribution in [0.5, 0.6) is 0 Å². The molecule has 0 unspecified atom stereocenters. The van der Waals surface area contributed by atoms with Gasteiger partial charge in [0, 0.05) is 38.1 Å². The molecule has 1 heterocycles. The molecule has 2 rings (SSSR count). The Hall–Kier alpha value is -2.86. The van der Waals surface area contributed by atoms with E-state index in [-0.39, 0.29) is 47.4 Å². The lowest BCUT2D eigenvalue weighted by atomic mass is 10.2. The average molecular weight is 497 g/mol. The summed E-state index contributed by atoms with van der Waals surface area (Å²) in [5.74, 6) is 0.0550. The number of aryl methyl sites for hydroxylation is 1. The van der Waals surface area contributed by atoms with Crippen LogP contribution in [0.15, 0.2) is 28.1 Å². The van der Waals surface area contributed by atoms with E-state index in [2.05, 4.69) is 25.9 Å². The van der Waals surface area contributed by atoms with Crippen LogP contribution < -0.4 is 5.32 Å². The van der Waals surface area contributed by atoms with Crippen molar-refractivity contribution in [1.29, 1.82) is 5.26 Å². The number of rotatable bonds is 11. The van der Waals surface area contributed by atoms with E-state index in [1.165, 1.54) is 26.9 Å². The lowest BCUT2D eigenvalue weighted by molar-refractivity contribution is 0.434. The molecule has 0 aliphatic heterocycles. The van der Waals surface area contributed by atoms with Crippen LogP contribution in [-0.2, 0) is 20.0 Å². The quantitative estimate of drug-likeness (QED) is 0.439. The number of anilines is 1. The Balaban J connectivity index is 2.74. The number of aromatic nitrogens is 4. The van der Waals surface area contributed by atoms with Crippen molar-refractivity contribution in [3.05, 3.63) is 29.7 Å². The Labute approximate surface area is 194 Å². The van der Waals surface area contributed by atoms with E-state index in [4.69, 9.17) is 0 Å². The highest BCUT2D eigenvalue weighted by Crippen LogP contribution is 2.32. The van der Waals surface area contributed by atoms with E-state index >= 15 is 0 Å². The van der Waals surface area contributed by atoms with Crippen molar-refractivity contribution < 1.29 is 16.8 Å². The minimum absolute atomic E-state index is 0.0520. The second-order valence-corrected chi connectivity index (χ2v) is 10.7. The van der Waals surface area contributed by atoms with Crippen LogP contribution in [0.25, 0.3) is 5.57 Å². The normalized spacial score (nSPS) is 12.8. The highest BCUT2D eigenvalue weighted by Gasteiger charge is 2.33. The molecule has 0 fully saturated rings. The Morgan fingerprint density at radius 3 is 1.97 bits per heavy atom. The molecule has 0 aliphatic carbocycles. The van der Waals surface area contributed by atoms with Crippen LogP contribution in [0, 0.1) is 18.3 Å². The minimum atomic E-state index is -4.13. The second-order valence-electron chi connectivity index (χ2n) is 6.84. The summed E-state index contributed by atoms with van der Waals surface area (Å²) in [6.45, 7) is 9.13. The number of hydrogen-bond acceptors (Lipinski definition) is 9. The molecule has 2 N–H and O–H groups in total. The number of H-pyrrole nitrogens is 1. The molecule has 12 nitrogen and oxygen atoms in total. The number of hydrogen-bond donors (Lipinski definition) is 2. The van der Waals surface area contributed by atoms with Crippen molar-refractivity contribution in [3.8, 4) is 6.07 Å². The predicted molar refractivity (Wildman–Crippen MR) is 123 cm³/mol. The molecule has 0 saturated carbocycles. The zero-order valence-electron chi connectivity index (χ0n) is 19.2. The number of allylic oxidation sites excluding steroid dienone is 1. The molecule has 0 amide bonds. The van der Waals surface area contributed by atoms with Crippen molar-refractivity contribution >= 4 is 31.3 Å². The standard InChI is InChI=1S/C19H28N8O4S2/c1-6-26(7-2)32(28,29)17-10-14(5)16(11-18(17)33(30,31)27(8-3)9-4)21-13-15(12-20)19-22-24-25-23-19/h10-11,13,21H,6-9H2,1-5H3,(H,22,23,24,25). The fourth-order valence-corrected chi connectivity index (χ4v) is 6.96. The smallest absolute Gasteiger partial charge is 0.244 e. The van der Waals surface area contributed by atoms with E-state index in [0.717, 1.165) is 0 Å². The SMILES string of the molecule is CCN(CC)S(=O)(=O)c1cc(C)c(NC=C(C#N)c2nn[nH]n2)cc1S(=O)(=O)N(CC)CC. The maximum Gasteiger partial charge on any atom is 0.244 e. The number of nitrogens with zero attached hydrogens (tertiary/aromatic N) is 6. The van der Waals surface area contributed by atoms with Crippen LogP contribution in [0.3, 0.4) is 0 Å². The molecule has 0 radical (unpaired) electrons. The summed E-state index contributed by atoms with van der Waals surface area (Å²) in [4.78, 5) is -0.624. The number of nitrogens with one attached hydrogen (secondary N) is 2. The van der Waals surface area contributed by atoms with E-state index in [1.807, 2.05) is 6.07 Å². The van der Waals surface area contributed by atoms with Gasteiger partial charge in [-0.05, 0) is 29.8 Å². The molecule has 0 aliphatic rings. The topological polar surface area (TPSA) is 165 Å². The van der Waals surface area contributed by atoms with Crippen LogP contribution in [0.2, 0.25) is 0 Å². The molecule has 33 heavy (non-hydrogen) atoms. The van der Waals surface area contributed by atoms with E-state index in [1.54, 1.807) is 34.6 Å². The van der Waals surface area contributed by atoms with E-state index in [9.17, 15) is 22.1 Å². The lowest BCUT2D eigenvalue weighted by Crippen LogP contribution is -2.35. The van der Waals surface area contributed by atoms with Gasteiger partial charge in [-0.15, -0.1) is 10.2 Å². The van der Waals surface area contributed by atoms with Crippen molar-refractivity contribution in [2.45, 2.75) is 44.4 Å². The predicted octanol–water partition coefficient (Wildman–Crippen LogP) is 1.55. The molecule has 14 heteroatoms. The fraction of sp³-hybridized carbons (Fsp3) is 0.474. The molecular weight excluding hydrogens is 468 g/mol. The summed E-state index contributed by atoms with van der Waals surface area (Å²) < 4.78 is 55.9. The van der Waals surface area contributed by atoms with Crippen LogP contribution in [-0.4, -0.2) is 72.2 Å². The first-order valence-corrected chi connectivity index (χ1v) is 13.2. The molecule has 0 atom stereocenters. The molecule has 0 saturated heterocycles. The number of tetrazole rings is 1. The second kappa shape index (κ2) is 10.8. The van der Waals surface area contributed by atoms with Gasteiger partial charge in [-0.25, -0.2) is 16.8 Å². The van der Waals surface area contributed by atoms with Crippen molar-refractivity contribution in [2.24, 2.45) is 0 Å². The highest BCUT2D eigenvalue weighted by molar-refractivity contribution is 7.92. The van der Waals surface area contributed by atoms with Gasteiger partial charge in [0.15, 0.2) is 0 Å². The Morgan fingerprint density at radius 2 is 1.55 bits per heavy atom. The third-order valence-corrected chi connectivity index (χ3v) is 9.32. The summed E-state index contributed by atoms with van der Waals surface area (Å²) in [5.41, 5.74) is 0.840. The maximum absolute atomic E-state index is 13.4. The molecule has 1 aromatic heterocycles. The summed E-state index contributed by atoms with van der Waals surface area (Å²) in [5, 5.41) is 25.4. The van der Waals surface area contributed by atoms with Gasteiger partial charge in [-0.2, -0.15) is 19.1 Å². The number of aromatic amines is 1. The number of benzene rings is 1. The molecule has 0 spiro atoms. The largest absolute Gasteiger partial charge is 0.360 e. The van der Waals surface area contributed by atoms with Gasteiger partial charge in [-0.3, -0.25) is 0 Å². The third-order valence-electron chi connectivity index (χ3n) is 5.02. The molecule has 2 aromatic rings. The minimum Gasteiger partial charge on any atom is -0.360 e. The first kappa shape index (κ1) is 26.4. The zero-order chi connectivity index (χ0) is 24.8. The Bertz CT molecular complexity index is 1240. The maximum atomic E-state index is 13.4. The lowest BCUT2D eigenvalue weighted by Gasteiger charge is -2.25. The third kappa shape index (κ3) is 5.38.